The summed E-state index contributed by atoms with van der Waals surface area (Å²) in [4.78, 5) is 11.7. The van der Waals surface area contributed by atoms with Gasteiger partial charge in [0.15, 0.2) is 0 Å². The minimum absolute atomic E-state index is 0.173. The fraction of sp³-hybridized carbons (Fsp3) is 0.562. The van der Waals surface area contributed by atoms with Gasteiger partial charge in [0.1, 0.15) is 5.75 Å². The van der Waals surface area contributed by atoms with Gasteiger partial charge in [0.05, 0.1) is 12.2 Å². The number of urea groups is 1. The predicted octanol–water partition coefficient (Wildman–Crippen LogP) is 3.15. The molecule has 1 rings (SSSR count). The smallest absolute Gasteiger partial charge is 0.319 e. The van der Waals surface area contributed by atoms with Gasteiger partial charge in [-0.3, -0.25) is 0 Å². The number of carbonyl (C=O) groups excluding carboxylic acids is 1. The summed E-state index contributed by atoms with van der Waals surface area (Å²) in [5.41, 5.74) is 0.689. The lowest BCUT2D eigenvalue weighted by Gasteiger charge is -2.14. The van der Waals surface area contributed by atoms with Crippen LogP contribution in [-0.2, 0) is 0 Å². The van der Waals surface area contributed by atoms with Crippen LogP contribution in [0.15, 0.2) is 24.3 Å². The monoisotopic (exact) mass is 294 g/mol. The van der Waals surface area contributed by atoms with Crippen LogP contribution >= 0.6 is 0 Å². The Balaban J connectivity index is 2.39. The van der Waals surface area contributed by atoms with Gasteiger partial charge in [-0.2, -0.15) is 0 Å². The number of aliphatic hydroxyl groups excluding tert-OH is 1. The van der Waals surface area contributed by atoms with Crippen molar-refractivity contribution < 1.29 is 14.6 Å². The van der Waals surface area contributed by atoms with E-state index in [0.29, 0.717) is 12.1 Å². The molecule has 0 aromatic heterocycles. The van der Waals surface area contributed by atoms with Crippen molar-refractivity contribution in [3.05, 3.63) is 24.3 Å². The highest BCUT2D eigenvalue weighted by Gasteiger charge is 2.06. The first-order valence-electron chi connectivity index (χ1n) is 7.54. The lowest BCUT2D eigenvalue weighted by molar-refractivity contribution is 0.162. The SMILES string of the molecule is CCCC(O)CNC(=O)Nc1ccc(OC(C)CC)cc1. The van der Waals surface area contributed by atoms with E-state index in [4.69, 9.17) is 4.74 Å². The molecule has 2 unspecified atom stereocenters. The number of hydrogen-bond acceptors (Lipinski definition) is 3. The maximum atomic E-state index is 11.7. The molecule has 5 nitrogen and oxygen atoms in total. The number of nitrogens with one attached hydrogen (secondary N) is 2. The topological polar surface area (TPSA) is 70.6 Å². The van der Waals surface area contributed by atoms with Crippen LogP contribution in [-0.4, -0.2) is 29.9 Å². The third-order valence-electron chi connectivity index (χ3n) is 3.14. The van der Waals surface area contributed by atoms with E-state index in [1.54, 1.807) is 12.1 Å². The molecule has 0 aliphatic heterocycles. The molecule has 0 bridgehead atoms. The van der Waals surface area contributed by atoms with E-state index in [1.165, 1.54) is 0 Å². The molecule has 2 amide bonds. The van der Waals surface area contributed by atoms with E-state index in [-0.39, 0.29) is 18.7 Å². The van der Waals surface area contributed by atoms with Crippen LogP contribution in [0.1, 0.15) is 40.0 Å². The van der Waals surface area contributed by atoms with E-state index in [9.17, 15) is 9.90 Å². The van der Waals surface area contributed by atoms with E-state index in [1.807, 2.05) is 26.0 Å². The molecule has 0 saturated carbocycles. The minimum atomic E-state index is -0.493. The summed E-state index contributed by atoms with van der Waals surface area (Å²) in [6.45, 7) is 6.33. The number of amides is 2. The lowest BCUT2D eigenvalue weighted by atomic mass is 10.2. The first kappa shape index (κ1) is 17.3. The highest BCUT2D eigenvalue weighted by atomic mass is 16.5. The summed E-state index contributed by atoms with van der Waals surface area (Å²) in [6.07, 6.45) is 2.20. The Kier molecular flexibility index (Phi) is 7.61. The number of ether oxygens (including phenoxy) is 1. The summed E-state index contributed by atoms with van der Waals surface area (Å²) >= 11 is 0. The first-order chi connectivity index (χ1) is 10.0. The van der Waals surface area contributed by atoms with Crippen LogP contribution in [0.3, 0.4) is 0 Å². The fourth-order valence-corrected chi connectivity index (χ4v) is 1.75. The largest absolute Gasteiger partial charge is 0.491 e. The molecule has 1 aromatic carbocycles. The van der Waals surface area contributed by atoms with Gasteiger partial charge in [0, 0.05) is 12.2 Å². The molecule has 0 spiro atoms. The molecule has 1 aromatic rings. The van der Waals surface area contributed by atoms with Crippen LogP contribution in [0.25, 0.3) is 0 Å². The standard InChI is InChI=1S/C16H26N2O3/c1-4-6-14(19)11-17-16(20)18-13-7-9-15(10-8-13)21-12(3)5-2/h7-10,12,14,19H,4-6,11H2,1-3H3,(H2,17,18,20). The van der Waals surface area contributed by atoms with E-state index in [2.05, 4.69) is 17.6 Å². The zero-order chi connectivity index (χ0) is 15.7. The van der Waals surface area contributed by atoms with Crippen molar-refractivity contribution in [3.8, 4) is 5.75 Å². The lowest BCUT2D eigenvalue weighted by Crippen LogP contribution is -2.35. The van der Waals surface area contributed by atoms with E-state index >= 15 is 0 Å². The summed E-state index contributed by atoms with van der Waals surface area (Å²) in [5.74, 6) is 0.786. The van der Waals surface area contributed by atoms with Gasteiger partial charge in [-0.15, -0.1) is 0 Å². The summed E-state index contributed by atoms with van der Waals surface area (Å²) < 4.78 is 5.67. The number of carbonyl (C=O) groups is 1. The van der Waals surface area contributed by atoms with E-state index in [0.717, 1.165) is 18.6 Å². The number of aliphatic hydroxyl groups is 1. The minimum Gasteiger partial charge on any atom is -0.491 e. The molecular weight excluding hydrogens is 268 g/mol. The molecule has 118 valence electrons. The normalized spacial score (nSPS) is 13.3. The fourth-order valence-electron chi connectivity index (χ4n) is 1.75. The van der Waals surface area contributed by atoms with Gasteiger partial charge in [0.2, 0.25) is 0 Å². The molecule has 0 aliphatic rings. The summed E-state index contributed by atoms with van der Waals surface area (Å²) in [6, 6.07) is 6.92. The molecular formula is C16H26N2O3. The zero-order valence-electron chi connectivity index (χ0n) is 13.1. The number of hydrogen-bond donors (Lipinski definition) is 3. The van der Waals surface area contributed by atoms with Crippen LogP contribution in [0, 0.1) is 0 Å². The van der Waals surface area contributed by atoms with Crippen LogP contribution < -0.4 is 15.4 Å². The van der Waals surface area contributed by atoms with Crippen molar-refractivity contribution in [2.45, 2.75) is 52.2 Å². The Morgan fingerprint density at radius 2 is 1.95 bits per heavy atom. The quantitative estimate of drug-likeness (QED) is 0.690. The van der Waals surface area contributed by atoms with Crippen LogP contribution in [0.5, 0.6) is 5.75 Å². The van der Waals surface area contributed by atoms with Crippen molar-refractivity contribution in [2.24, 2.45) is 0 Å². The van der Waals surface area contributed by atoms with Gasteiger partial charge in [0.25, 0.3) is 0 Å². The maximum absolute atomic E-state index is 11.7. The number of anilines is 1. The average molecular weight is 294 g/mol. The molecule has 5 heteroatoms. The highest BCUT2D eigenvalue weighted by Crippen LogP contribution is 2.17. The molecule has 3 N–H and O–H groups in total. The third kappa shape index (κ3) is 6.99. The van der Waals surface area contributed by atoms with Gasteiger partial charge < -0.3 is 20.5 Å². The second-order valence-electron chi connectivity index (χ2n) is 5.14. The first-order valence-corrected chi connectivity index (χ1v) is 7.54. The third-order valence-corrected chi connectivity index (χ3v) is 3.14. The second-order valence-corrected chi connectivity index (χ2v) is 5.14. The second kappa shape index (κ2) is 9.23. The highest BCUT2D eigenvalue weighted by molar-refractivity contribution is 5.89. The molecule has 0 radical (unpaired) electrons. The Morgan fingerprint density at radius 1 is 1.29 bits per heavy atom. The van der Waals surface area contributed by atoms with Crippen molar-refractivity contribution in [1.82, 2.24) is 5.32 Å². The van der Waals surface area contributed by atoms with Crippen molar-refractivity contribution >= 4 is 11.7 Å². The van der Waals surface area contributed by atoms with Gasteiger partial charge in [-0.25, -0.2) is 4.79 Å². The molecule has 0 heterocycles. The van der Waals surface area contributed by atoms with Crippen molar-refractivity contribution in [1.29, 1.82) is 0 Å². The average Bonchev–Trinajstić information content (AvgIpc) is 2.47. The van der Waals surface area contributed by atoms with Gasteiger partial charge in [-0.1, -0.05) is 20.3 Å². The Hall–Kier alpha value is -1.75. The maximum Gasteiger partial charge on any atom is 0.319 e. The summed E-state index contributed by atoms with van der Waals surface area (Å²) in [7, 11) is 0. The van der Waals surface area contributed by atoms with Crippen LogP contribution in [0.2, 0.25) is 0 Å². The zero-order valence-corrected chi connectivity index (χ0v) is 13.1. The summed E-state index contributed by atoms with van der Waals surface area (Å²) in [5, 5.41) is 14.9. The molecule has 0 saturated heterocycles. The van der Waals surface area contributed by atoms with Crippen molar-refractivity contribution in [3.63, 3.8) is 0 Å². The Bertz CT molecular complexity index is 420. The van der Waals surface area contributed by atoms with Gasteiger partial charge in [-0.05, 0) is 44.0 Å². The Labute approximate surface area is 126 Å². The number of rotatable bonds is 8. The molecule has 21 heavy (non-hydrogen) atoms. The molecule has 0 aliphatic carbocycles. The van der Waals surface area contributed by atoms with Crippen LogP contribution in [0.4, 0.5) is 10.5 Å². The van der Waals surface area contributed by atoms with Gasteiger partial charge >= 0.3 is 6.03 Å². The number of benzene rings is 1. The molecule has 0 fully saturated rings. The molecule has 2 atom stereocenters. The van der Waals surface area contributed by atoms with E-state index < -0.39 is 6.10 Å². The predicted molar refractivity (Wildman–Crippen MR) is 84.8 cm³/mol. The Morgan fingerprint density at radius 3 is 2.52 bits per heavy atom. The van der Waals surface area contributed by atoms with Crippen molar-refractivity contribution in [2.75, 3.05) is 11.9 Å².